The Kier molecular flexibility index (Phi) is 5.47. The lowest BCUT2D eigenvalue weighted by atomic mass is 9.98. The maximum atomic E-state index is 12.4. The lowest BCUT2D eigenvalue weighted by Crippen LogP contribution is -2.36. The molecule has 0 aliphatic carbocycles. The molecule has 2 aromatic rings. The Labute approximate surface area is 146 Å². The Hall–Kier alpha value is -2.22. The van der Waals surface area contributed by atoms with Gasteiger partial charge in [-0.05, 0) is 24.7 Å². The van der Waals surface area contributed by atoms with Crippen molar-refractivity contribution in [2.24, 2.45) is 11.8 Å². The third-order valence-electron chi connectivity index (χ3n) is 4.47. The van der Waals surface area contributed by atoms with Gasteiger partial charge in [-0.25, -0.2) is 4.98 Å². The molecule has 1 N–H and O–H groups in total. The maximum Gasteiger partial charge on any atom is 0.255 e. The van der Waals surface area contributed by atoms with Gasteiger partial charge in [0.15, 0.2) is 5.82 Å². The first kappa shape index (κ1) is 17.6. The van der Waals surface area contributed by atoms with Gasteiger partial charge in [-0.15, -0.1) is 0 Å². The minimum atomic E-state index is -0.135. The molecule has 0 unspecified atom stereocenters. The SMILES string of the molecule is CC(C)Cc1nc(Cn2cnc(N3CCC(CO)CC3)cc2=O)no1. The molecule has 8 heteroatoms. The zero-order valence-corrected chi connectivity index (χ0v) is 14.8. The fourth-order valence-corrected chi connectivity index (χ4v) is 2.99. The first-order valence-electron chi connectivity index (χ1n) is 8.79. The summed E-state index contributed by atoms with van der Waals surface area (Å²) in [6, 6.07) is 1.55. The Morgan fingerprint density at radius 3 is 2.76 bits per heavy atom. The van der Waals surface area contributed by atoms with E-state index in [1.165, 1.54) is 10.9 Å². The van der Waals surface area contributed by atoms with Crippen molar-refractivity contribution < 1.29 is 9.63 Å². The number of piperidine rings is 1. The van der Waals surface area contributed by atoms with Crippen LogP contribution in [0.3, 0.4) is 0 Å². The fourth-order valence-electron chi connectivity index (χ4n) is 2.99. The molecule has 25 heavy (non-hydrogen) atoms. The van der Waals surface area contributed by atoms with Gasteiger partial charge in [0.05, 0.1) is 6.54 Å². The Morgan fingerprint density at radius 2 is 2.12 bits per heavy atom. The largest absolute Gasteiger partial charge is 0.396 e. The number of hydrogen-bond acceptors (Lipinski definition) is 7. The van der Waals surface area contributed by atoms with E-state index >= 15 is 0 Å². The van der Waals surface area contributed by atoms with Crippen LogP contribution in [0.2, 0.25) is 0 Å². The lowest BCUT2D eigenvalue weighted by Gasteiger charge is -2.31. The number of aliphatic hydroxyl groups excluding tert-OH is 1. The van der Waals surface area contributed by atoms with Crippen LogP contribution in [-0.2, 0) is 13.0 Å². The first-order valence-corrected chi connectivity index (χ1v) is 8.79. The smallest absolute Gasteiger partial charge is 0.255 e. The fraction of sp³-hybridized carbons (Fsp3) is 0.647. The molecule has 136 valence electrons. The normalized spacial score (nSPS) is 15.9. The zero-order chi connectivity index (χ0) is 17.8. The van der Waals surface area contributed by atoms with E-state index in [0.29, 0.717) is 29.4 Å². The molecule has 0 radical (unpaired) electrons. The highest BCUT2D eigenvalue weighted by atomic mass is 16.5. The highest BCUT2D eigenvalue weighted by Gasteiger charge is 2.20. The zero-order valence-electron chi connectivity index (χ0n) is 14.8. The molecule has 0 spiro atoms. The van der Waals surface area contributed by atoms with Crippen molar-refractivity contribution in [1.82, 2.24) is 19.7 Å². The van der Waals surface area contributed by atoms with Crippen molar-refractivity contribution in [1.29, 1.82) is 0 Å². The van der Waals surface area contributed by atoms with Crippen molar-refractivity contribution in [3.8, 4) is 0 Å². The molecule has 0 atom stereocenters. The summed E-state index contributed by atoms with van der Waals surface area (Å²) in [5.74, 6) is 2.55. The van der Waals surface area contributed by atoms with Gasteiger partial charge in [-0.3, -0.25) is 9.36 Å². The second-order valence-corrected chi connectivity index (χ2v) is 7.03. The van der Waals surface area contributed by atoms with Crippen LogP contribution in [0.25, 0.3) is 0 Å². The van der Waals surface area contributed by atoms with Crippen LogP contribution in [0.5, 0.6) is 0 Å². The molecular formula is C17H25N5O3. The highest BCUT2D eigenvalue weighted by Crippen LogP contribution is 2.20. The molecule has 1 aliphatic rings. The number of hydrogen-bond donors (Lipinski definition) is 1. The summed E-state index contributed by atoms with van der Waals surface area (Å²) in [4.78, 5) is 23.2. The molecule has 1 saturated heterocycles. The average Bonchev–Trinajstić information content (AvgIpc) is 3.03. The Morgan fingerprint density at radius 1 is 1.36 bits per heavy atom. The third kappa shape index (κ3) is 4.45. The van der Waals surface area contributed by atoms with Gasteiger partial charge in [0, 0.05) is 32.2 Å². The molecule has 0 saturated carbocycles. The third-order valence-corrected chi connectivity index (χ3v) is 4.47. The summed E-state index contributed by atoms with van der Waals surface area (Å²) in [6.45, 7) is 6.27. The Balaban J connectivity index is 1.66. The summed E-state index contributed by atoms with van der Waals surface area (Å²) >= 11 is 0. The van der Waals surface area contributed by atoms with Crippen molar-refractivity contribution >= 4 is 5.82 Å². The number of aromatic nitrogens is 4. The highest BCUT2D eigenvalue weighted by molar-refractivity contribution is 5.37. The van der Waals surface area contributed by atoms with Crippen LogP contribution >= 0.6 is 0 Å². The van der Waals surface area contributed by atoms with E-state index < -0.39 is 0 Å². The quantitative estimate of drug-likeness (QED) is 0.835. The summed E-state index contributed by atoms with van der Waals surface area (Å²) in [6.07, 6.45) is 4.10. The van der Waals surface area contributed by atoms with Gasteiger partial charge >= 0.3 is 0 Å². The van der Waals surface area contributed by atoms with E-state index in [2.05, 4.69) is 33.9 Å². The Bertz CT molecular complexity index is 747. The lowest BCUT2D eigenvalue weighted by molar-refractivity contribution is 0.202. The van der Waals surface area contributed by atoms with Gasteiger partial charge in [-0.1, -0.05) is 19.0 Å². The minimum absolute atomic E-state index is 0.135. The molecule has 0 aromatic carbocycles. The predicted octanol–water partition coefficient (Wildman–Crippen LogP) is 1.08. The van der Waals surface area contributed by atoms with Gasteiger partial charge in [-0.2, -0.15) is 4.98 Å². The van der Waals surface area contributed by atoms with Crippen LogP contribution in [0.4, 0.5) is 5.82 Å². The summed E-state index contributed by atoms with van der Waals surface area (Å²) in [5.41, 5.74) is -0.135. The van der Waals surface area contributed by atoms with E-state index in [1.807, 2.05) is 0 Å². The van der Waals surface area contributed by atoms with Crippen LogP contribution in [0.15, 0.2) is 21.7 Å². The number of nitrogens with zero attached hydrogens (tertiary/aromatic N) is 5. The molecule has 0 bridgehead atoms. The molecule has 3 rings (SSSR count). The van der Waals surface area contributed by atoms with E-state index in [-0.39, 0.29) is 18.7 Å². The minimum Gasteiger partial charge on any atom is -0.396 e. The van der Waals surface area contributed by atoms with Crippen LogP contribution in [-0.4, -0.2) is 44.5 Å². The van der Waals surface area contributed by atoms with Crippen LogP contribution < -0.4 is 10.5 Å². The molecule has 1 fully saturated rings. The van der Waals surface area contributed by atoms with Crippen LogP contribution in [0, 0.1) is 11.8 Å². The maximum absolute atomic E-state index is 12.4. The van der Waals surface area contributed by atoms with Gasteiger partial charge in [0.1, 0.15) is 12.1 Å². The predicted molar refractivity (Wildman–Crippen MR) is 92.5 cm³/mol. The van der Waals surface area contributed by atoms with Crippen molar-refractivity contribution in [2.75, 3.05) is 24.6 Å². The van der Waals surface area contributed by atoms with E-state index in [0.717, 1.165) is 32.4 Å². The molecule has 3 heterocycles. The number of aliphatic hydroxyl groups is 1. The monoisotopic (exact) mass is 347 g/mol. The molecular weight excluding hydrogens is 322 g/mol. The van der Waals surface area contributed by atoms with Crippen molar-refractivity contribution in [3.63, 3.8) is 0 Å². The second kappa shape index (κ2) is 7.77. The number of anilines is 1. The summed E-state index contributed by atoms with van der Waals surface area (Å²) in [7, 11) is 0. The number of rotatable bonds is 6. The van der Waals surface area contributed by atoms with E-state index in [9.17, 15) is 9.90 Å². The van der Waals surface area contributed by atoms with Crippen molar-refractivity contribution in [3.05, 3.63) is 34.5 Å². The topological polar surface area (TPSA) is 97.3 Å². The molecule has 1 aliphatic heterocycles. The van der Waals surface area contributed by atoms with Gasteiger partial charge in [0.25, 0.3) is 5.56 Å². The van der Waals surface area contributed by atoms with Gasteiger partial charge in [0.2, 0.25) is 5.89 Å². The summed E-state index contributed by atoms with van der Waals surface area (Å²) in [5, 5.41) is 13.1. The van der Waals surface area contributed by atoms with E-state index in [1.54, 1.807) is 6.07 Å². The van der Waals surface area contributed by atoms with Crippen molar-refractivity contribution in [2.45, 2.75) is 39.7 Å². The molecule has 8 nitrogen and oxygen atoms in total. The van der Waals surface area contributed by atoms with Gasteiger partial charge < -0.3 is 14.5 Å². The molecule has 2 aromatic heterocycles. The second-order valence-electron chi connectivity index (χ2n) is 7.03. The average molecular weight is 347 g/mol. The standard InChI is InChI=1S/C17H25N5O3/c1-12(2)7-16-19-14(20-25-16)9-22-11-18-15(8-17(22)24)21-5-3-13(10-23)4-6-21/h8,11-13,23H,3-7,9-10H2,1-2H3. The van der Waals surface area contributed by atoms with Crippen LogP contribution in [0.1, 0.15) is 38.4 Å². The molecule has 0 amide bonds. The van der Waals surface area contributed by atoms with E-state index in [4.69, 9.17) is 4.52 Å². The first-order chi connectivity index (χ1) is 12.0. The summed E-state index contributed by atoms with van der Waals surface area (Å²) < 4.78 is 6.68.